The Hall–Kier alpha value is -0.450. The third kappa shape index (κ3) is 4.28. The first kappa shape index (κ1) is 12.6. The lowest BCUT2D eigenvalue weighted by Gasteiger charge is -2.29. The Balaban J connectivity index is 2.29. The number of hydrogen-bond acceptors (Lipinski definition) is 4. The SMILES string of the molecule is COC(CNCc1cncs1)C(C)(C)C. The Morgan fingerprint density at radius 3 is 2.73 bits per heavy atom. The summed E-state index contributed by atoms with van der Waals surface area (Å²) >= 11 is 1.68. The first-order valence-electron chi connectivity index (χ1n) is 5.15. The highest BCUT2D eigenvalue weighted by molar-refractivity contribution is 7.09. The maximum absolute atomic E-state index is 5.46. The molecule has 0 amide bonds. The van der Waals surface area contributed by atoms with Gasteiger partial charge < -0.3 is 10.1 Å². The number of thiazole rings is 1. The Morgan fingerprint density at radius 1 is 1.53 bits per heavy atom. The lowest BCUT2D eigenvalue weighted by molar-refractivity contribution is 0.0174. The van der Waals surface area contributed by atoms with Crippen molar-refractivity contribution in [2.45, 2.75) is 33.4 Å². The molecule has 15 heavy (non-hydrogen) atoms. The van der Waals surface area contributed by atoms with Crippen LogP contribution in [0.2, 0.25) is 0 Å². The lowest BCUT2D eigenvalue weighted by atomic mass is 9.89. The van der Waals surface area contributed by atoms with Crippen LogP contribution in [0.5, 0.6) is 0 Å². The van der Waals surface area contributed by atoms with E-state index >= 15 is 0 Å². The second kappa shape index (κ2) is 5.58. The van der Waals surface area contributed by atoms with E-state index in [2.05, 4.69) is 31.1 Å². The second-order valence-electron chi connectivity index (χ2n) is 4.69. The molecule has 0 aliphatic heterocycles. The highest BCUT2D eigenvalue weighted by atomic mass is 32.1. The van der Waals surface area contributed by atoms with Gasteiger partial charge >= 0.3 is 0 Å². The van der Waals surface area contributed by atoms with E-state index in [1.54, 1.807) is 18.4 Å². The summed E-state index contributed by atoms with van der Waals surface area (Å²) in [6, 6.07) is 0. The maximum atomic E-state index is 5.46. The molecular formula is C11H20N2OS. The van der Waals surface area contributed by atoms with Gasteiger partial charge in [-0.05, 0) is 5.41 Å². The van der Waals surface area contributed by atoms with Gasteiger partial charge in [-0.1, -0.05) is 20.8 Å². The molecule has 1 aromatic rings. The molecule has 1 rings (SSSR count). The van der Waals surface area contributed by atoms with Gasteiger partial charge in [-0.25, -0.2) is 0 Å². The van der Waals surface area contributed by atoms with Gasteiger partial charge in [0, 0.05) is 31.3 Å². The van der Waals surface area contributed by atoms with Crippen molar-refractivity contribution < 1.29 is 4.74 Å². The predicted molar refractivity (Wildman–Crippen MR) is 64.1 cm³/mol. The summed E-state index contributed by atoms with van der Waals surface area (Å²) in [5.74, 6) is 0. The molecule has 1 atom stereocenters. The second-order valence-corrected chi connectivity index (χ2v) is 5.66. The van der Waals surface area contributed by atoms with Gasteiger partial charge in [0.15, 0.2) is 0 Å². The van der Waals surface area contributed by atoms with Crippen molar-refractivity contribution in [1.29, 1.82) is 0 Å². The molecular weight excluding hydrogens is 208 g/mol. The van der Waals surface area contributed by atoms with Gasteiger partial charge in [-0.2, -0.15) is 0 Å². The fraction of sp³-hybridized carbons (Fsp3) is 0.727. The summed E-state index contributed by atoms with van der Waals surface area (Å²) in [4.78, 5) is 5.30. The van der Waals surface area contributed by atoms with E-state index in [1.807, 2.05) is 11.7 Å². The average molecular weight is 228 g/mol. The number of aromatic nitrogens is 1. The Morgan fingerprint density at radius 2 is 2.27 bits per heavy atom. The summed E-state index contributed by atoms with van der Waals surface area (Å²) in [5.41, 5.74) is 2.03. The molecule has 1 N–H and O–H groups in total. The Bertz CT molecular complexity index is 267. The molecule has 86 valence electrons. The molecule has 0 saturated heterocycles. The van der Waals surface area contributed by atoms with E-state index in [1.165, 1.54) is 4.88 Å². The third-order valence-corrected chi connectivity index (χ3v) is 3.14. The van der Waals surface area contributed by atoms with Crippen molar-refractivity contribution in [3.05, 3.63) is 16.6 Å². The van der Waals surface area contributed by atoms with Gasteiger partial charge in [-0.3, -0.25) is 4.98 Å². The number of ether oxygens (including phenoxy) is 1. The topological polar surface area (TPSA) is 34.1 Å². The summed E-state index contributed by atoms with van der Waals surface area (Å²) < 4.78 is 5.46. The van der Waals surface area contributed by atoms with E-state index in [0.717, 1.165) is 13.1 Å². The standard InChI is InChI=1S/C11H20N2OS/c1-11(2,3)10(14-4)7-12-5-9-6-13-8-15-9/h6,8,10,12H,5,7H2,1-4H3. The van der Waals surface area contributed by atoms with Crippen LogP contribution in [-0.2, 0) is 11.3 Å². The summed E-state index contributed by atoms with van der Waals surface area (Å²) in [6.45, 7) is 8.32. The zero-order chi connectivity index (χ0) is 11.3. The van der Waals surface area contributed by atoms with Crippen LogP contribution in [-0.4, -0.2) is 24.7 Å². The molecule has 0 spiro atoms. The van der Waals surface area contributed by atoms with E-state index in [9.17, 15) is 0 Å². The van der Waals surface area contributed by atoms with Crippen molar-refractivity contribution in [2.75, 3.05) is 13.7 Å². The predicted octanol–water partition coefficient (Wildman–Crippen LogP) is 2.29. The minimum atomic E-state index is 0.176. The zero-order valence-corrected chi connectivity index (χ0v) is 10.7. The molecule has 0 radical (unpaired) electrons. The van der Waals surface area contributed by atoms with Gasteiger partial charge in [-0.15, -0.1) is 11.3 Å². The van der Waals surface area contributed by atoms with Crippen LogP contribution in [0.15, 0.2) is 11.7 Å². The van der Waals surface area contributed by atoms with Crippen LogP contribution in [0, 0.1) is 5.41 Å². The number of nitrogens with one attached hydrogen (secondary N) is 1. The van der Waals surface area contributed by atoms with Gasteiger partial charge in [0.05, 0.1) is 11.6 Å². The smallest absolute Gasteiger partial charge is 0.0794 e. The van der Waals surface area contributed by atoms with Crippen LogP contribution < -0.4 is 5.32 Å². The minimum absolute atomic E-state index is 0.176. The van der Waals surface area contributed by atoms with Gasteiger partial charge in [0.25, 0.3) is 0 Å². The van der Waals surface area contributed by atoms with Crippen molar-refractivity contribution in [2.24, 2.45) is 5.41 Å². The lowest BCUT2D eigenvalue weighted by Crippen LogP contribution is -2.37. The fourth-order valence-electron chi connectivity index (χ4n) is 1.40. The molecule has 1 unspecified atom stereocenters. The number of rotatable bonds is 5. The molecule has 3 nitrogen and oxygen atoms in total. The highest BCUT2D eigenvalue weighted by Gasteiger charge is 2.23. The summed E-state index contributed by atoms with van der Waals surface area (Å²) in [5, 5.41) is 3.39. The summed E-state index contributed by atoms with van der Waals surface area (Å²) in [7, 11) is 1.77. The van der Waals surface area contributed by atoms with E-state index < -0.39 is 0 Å². The molecule has 0 fully saturated rings. The first-order chi connectivity index (χ1) is 7.04. The van der Waals surface area contributed by atoms with Gasteiger partial charge in [0.1, 0.15) is 0 Å². The first-order valence-corrected chi connectivity index (χ1v) is 6.03. The Kier molecular flexibility index (Phi) is 4.70. The van der Waals surface area contributed by atoms with Crippen LogP contribution in [0.1, 0.15) is 25.6 Å². The largest absolute Gasteiger partial charge is 0.380 e. The number of methoxy groups -OCH3 is 1. The zero-order valence-electron chi connectivity index (χ0n) is 9.91. The van der Waals surface area contributed by atoms with E-state index in [-0.39, 0.29) is 11.5 Å². The third-order valence-electron chi connectivity index (χ3n) is 2.36. The fourth-order valence-corrected chi connectivity index (χ4v) is 1.96. The van der Waals surface area contributed by atoms with Crippen molar-refractivity contribution in [1.82, 2.24) is 10.3 Å². The molecule has 1 heterocycles. The molecule has 0 aliphatic carbocycles. The monoisotopic (exact) mass is 228 g/mol. The molecule has 1 aromatic heterocycles. The van der Waals surface area contributed by atoms with Crippen LogP contribution in [0.4, 0.5) is 0 Å². The quantitative estimate of drug-likeness (QED) is 0.839. The molecule has 0 saturated carbocycles. The molecule has 0 aliphatic rings. The van der Waals surface area contributed by atoms with Crippen molar-refractivity contribution >= 4 is 11.3 Å². The average Bonchev–Trinajstić information content (AvgIpc) is 2.62. The van der Waals surface area contributed by atoms with Crippen LogP contribution >= 0.6 is 11.3 Å². The van der Waals surface area contributed by atoms with Crippen molar-refractivity contribution in [3.8, 4) is 0 Å². The molecule has 0 bridgehead atoms. The van der Waals surface area contributed by atoms with Gasteiger partial charge in [0.2, 0.25) is 0 Å². The van der Waals surface area contributed by atoms with E-state index in [4.69, 9.17) is 4.74 Å². The normalized spacial score (nSPS) is 14.1. The summed E-state index contributed by atoms with van der Waals surface area (Å²) in [6.07, 6.45) is 2.14. The molecule has 4 heteroatoms. The Labute approximate surface area is 95.9 Å². The van der Waals surface area contributed by atoms with Crippen LogP contribution in [0.25, 0.3) is 0 Å². The van der Waals surface area contributed by atoms with E-state index in [0.29, 0.717) is 0 Å². The number of nitrogens with zero attached hydrogens (tertiary/aromatic N) is 1. The number of hydrogen-bond donors (Lipinski definition) is 1. The van der Waals surface area contributed by atoms with Crippen LogP contribution in [0.3, 0.4) is 0 Å². The molecule has 0 aromatic carbocycles. The highest BCUT2D eigenvalue weighted by Crippen LogP contribution is 2.21. The van der Waals surface area contributed by atoms with Crippen molar-refractivity contribution in [3.63, 3.8) is 0 Å². The maximum Gasteiger partial charge on any atom is 0.0794 e. The minimum Gasteiger partial charge on any atom is -0.380 e.